The third kappa shape index (κ3) is 3.60. The average Bonchev–Trinajstić information content (AvgIpc) is 3.48. The number of rotatable bonds is 4. The van der Waals surface area contributed by atoms with Crippen molar-refractivity contribution in [1.29, 1.82) is 0 Å². The molecule has 0 amide bonds. The fraction of sp³-hybridized carbons (Fsp3) is 0.286. The van der Waals surface area contributed by atoms with Crippen LogP contribution in [0.1, 0.15) is 44.2 Å². The molecule has 6 atom stereocenters. The van der Waals surface area contributed by atoms with Crippen molar-refractivity contribution >= 4 is 35.1 Å². The summed E-state index contributed by atoms with van der Waals surface area (Å²) in [7, 11) is 0. The molecule has 2 saturated carbocycles. The zero-order valence-corrected chi connectivity index (χ0v) is 19.7. The smallest absolute Gasteiger partial charge is 0.338 e. The Morgan fingerprint density at radius 1 is 0.706 bits per heavy atom. The number of benzene rings is 3. The van der Waals surface area contributed by atoms with Crippen LogP contribution in [0.15, 0.2) is 72.8 Å². The molecular weight excluding hydrogens is 471 g/mol. The molecule has 0 spiro atoms. The van der Waals surface area contributed by atoms with Gasteiger partial charge in [0.1, 0.15) is 12.2 Å². The van der Waals surface area contributed by atoms with Gasteiger partial charge in [-0.05, 0) is 72.2 Å². The minimum Gasteiger partial charge on any atom is -0.455 e. The van der Waals surface area contributed by atoms with Crippen LogP contribution in [0.5, 0.6) is 0 Å². The van der Waals surface area contributed by atoms with E-state index in [1.54, 1.807) is 48.5 Å². The number of carbonyl (C=O) groups is 2. The normalized spacial score (nSPS) is 28.3. The maximum absolute atomic E-state index is 13.1. The lowest BCUT2D eigenvalue weighted by Crippen LogP contribution is -2.45. The number of hydrogen-bond acceptors (Lipinski definition) is 4. The van der Waals surface area contributed by atoms with E-state index < -0.39 is 24.1 Å². The van der Waals surface area contributed by atoms with Crippen LogP contribution in [0.2, 0.25) is 10.0 Å². The first-order valence-corrected chi connectivity index (χ1v) is 12.3. The predicted octanol–water partition coefficient (Wildman–Crippen LogP) is 6.35. The lowest BCUT2D eigenvalue weighted by molar-refractivity contribution is -0.0698. The summed E-state index contributed by atoms with van der Waals surface area (Å²) in [6.45, 7) is 0. The molecule has 3 aromatic rings. The van der Waals surface area contributed by atoms with Crippen LogP contribution in [0.3, 0.4) is 0 Å². The van der Waals surface area contributed by atoms with E-state index in [1.807, 2.05) is 0 Å². The number of halogens is 2. The van der Waals surface area contributed by atoms with Crippen LogP contribution in [-0.2, 0) is 15.9 Å². The highest BCUT2D eigenvalue weighted by Crippen LogP contribution is 2.62. The summed E-state index contributed by atoms with van der Waals surface area (Å²) in [6.07, 6.45) is 0.800. The summed E-state index contributed by atoms with van der Waals surface area (Å²) >= 11 is 12.2. The Morgan fingerprint density at radius 2 is 1.29 bits per heavy atom. The standard InChI is InChI=1S/C28H22Cl2O4/c29-18-8-3-6-16(11-18)27(31)33-25-22-14-23(24-20-10-2-1-5-15(20)13-21(22)24)26(25)34-28(32)17-7-4-9-19(30)12-17/h1-12,21-26H,13-14H2/t21?,22?,23-,24?,25?,26?/m1/s1. The molecule has 2 fully saturated rings. The molecule has 5 unspecified atom stereocenters. The van der Waals surface area contributed by atoms with Crippen molar-refractivity contribution < 1.29 is 19.1 Å². The van der Waals surface area contributed by atoms with Gasteiger partial charge < -0.3 is 9.47 Å². The van der Waals surface area contributed by atoms with Gasteiger partial charge in [0.2, 0.25) is 0 Å². The van der Waals surface area contributed by atoms with Gasteiger partial charge in [-0.2, -0.15) is 0 Å². The number of esters is 2. The third-order valence-corrected chi connectivity index (χ3v) is 8.13. The Kier molecular flexibility index (Phi) is 5.39. The second-order valence-corrected chi connectivity index (χ2v) is 10.3. The second kappa shape index (κ2) is 8.44. The van der Waals surface area contributed by atoms with Crippen molar-refractivity contribution in [1.82, 2.24) is 0 Å². The summed E-state index contributed by atoms with van der Waals surface area (Å²) in [5.41, 5.74) is 3.46. The Morgan fingerprint density at radius 3 is 1.91 bits per heavy atom. The van der Waals surface area contributed by atoms with E-state index in [0.717, 1.165) is 12.8 Å². The molecule has 3 aliphatic rings. The van der Waals surface area contributed by atoms with Crippen LogP contribution in [0.4, 0.5) is 0 Å². The minimum atomic E-state index is -0.521. The highest BCUT2D eigenvalue weighted by atomic mass is 35.5. The molecule has 4 nitrogen and oxygen atoms in total. The van der Waals surface area contributed by atoms with Gasteiger partial charge in [-0.1, -0.05) is 59.6 Å². The van der Waals surface area contributed by atoms with Crippen molar-refractivity contribution in [2.24, 2.45) is 17.8 Å². The molecule has 34 heavy (non-hydrogen) atoms. The second-order valence-electron chi connectivity index (χ2n) is 9.42. The molecule has 6 rings (SSSR count). The average molecular weight is 493 g/mol. The van der Waals surface area contributed by atoms with Gasteiger partial charge in [-0.15, -0.1) is 0 Å². The number of fused-ring (bicyclic) bond motifs is 7. The van der Waals surface area contributed by atoms with Crippen LogP contribution >= 0.6 is 23.2 Å². The quantitative estimate of drug-likeness (QED) is 0.398. The third-order valence-electron chi connectivity index (χ3n) is 7.66. The van der Waals surface area contributed by atoms with Crippen LogP contribution in [-0.4, -0.2) is 24.1 Å². The van der Waals surface area contributed by atoms with E-state index in [4.69, 9.17) is 32.7 Å². The zero-order valence-electron chi connectivity index (χ0n) is 18.2. The molecule has 0 radical (unpaired) electrons. The Bertz CT molecular complexity index is 1290. The van der Waals surface area contributed by atoms with Gasteiger partial charge >= 0.3 is 11.9 Å². The Balaban J connectivity index is 1.32. The summed E-state index contributed by atoms with van der Waals surface area (Å²) in [4.78, 5) is 26.1. The van der Waals surface area contributed by atoms with E-state index in [9.17, 15) is 9.59 Å². The lowest BCUT2D eigenvalue weighted by Gasteiger charge is -2.37. The summed E-state index contributed by atoms with van der Waals surface area (Å²) in [5.74, 6) is 0.00408. The fourth-order valence-corrected chi connectivity index (χ4v) is 6.77. The highest BCUT2D eigenvalue weighted by molar-refractivity contribution is 6.31. The largest absolute Gasteiger partial charge is 0.455 e. The van der Waals surface area contributed by atoms with Gasteiger partial charge in [-0.25, -0.2) is 9.59 Å². The fourth-order valence-electron chi connectivity index (χ4n) is 6.38. The minimum absolute atomic E-state index is 0.0962. The molecule has 0 saturated heterocycles. The summed E-state index contributed by atoms with van der Waals surface area (Å²) < 4.78 is 12.1. The SMILES string of the molecule is O=C(OC1C2C[C@@H](C1OC(=O)c1cccc(Cl)c1)C1c3ccccc3CC21)c1cccc(Cl)c1. The molecule has 0 aliphatic heterocycles. The molecule has 3 aliphatic carbocycles. The number of carbonyl (C=O) groups excluding carboxylic acids is 2. The zero-order chi connectivity index (χ0) is 23.4. The summed E-state index contributed by atoms with van der Waals surface area (Å²) in [5, 5.41) is 0.939. The molecule has 172 valence electrons. The number of ether oxygens (including phenoxy) is 2. The molecule has 2 bridgehead atoms. The molecule has 0 aromatic heterocycles. The topological polar surface area (TPSA) is 52.6 Å². The van der Waals surface area contributed by atoms with E-state index in [1.165, 1.54) is 11.1 Å². The Labute approximate surface area is 207 Å². The van der Waals surface area contributed by atoms with Crippen LogP contribution in [0.25, 0.3) is 0 Å². The highest BCUT2D eigenvalue weighted by Gasteiger charge is 2.63. The van der Waals surface area contributed by atoms with Crippen molar-refractivity contribution in [3.05, 3.63) is 105 Å². The Hall–Kier alpha value is -2.82. The first-order chi connectivity index (χ1) is 16.5. The van der Waals surface area contributed by atoms with Gasteiger partial charge in [-0.3, -0.25) is 0 Å². The monoisotopic (exact) mass is 492 g/mol. The van der Waals surface area contributed by atoms with Gasteiger partial charge in [0.25, 0.3) is 0 Å². The predicted molar refractivity (Wildman–Crippen MR) is 129 cm³/mol. The van der Waals surface area contributed by atoms with E-state index in [2.05, 4.69) is 24.3 Å². The van der Waals surface area contributed by atoms with E-state index >= 15 is 0 Å². The van der Waals surface area contributed by atoms with Gasteiger partial charge in [0.15, 0.2) is 0 Å². The molecule has 0 N–H and O–H groups in total. The number of hydrogen-bond donors (Lipinski definition) is 0. The molecule has 3 aromatic carbocycles. The van der Waals surface area contributed by atoms with Crippen molar-refractivity contribution in [3.63, 3.8) is 0 Å². The first kappa shape index (κ1) is 21.7. The molecule has 6 heteroatoms. The van der Waals surface area contributed by atoms with Crippen molar-refractivity contribution in [3.8, 4) is 0 Å². The van der Waals surface area contributed by atoms with Crippen molar-refractivity contribution in [2.45, 2.75) is 31.0 Å². The lowest BCUT2D eigenvalue weighted by atomic mass is 9.76. The molecular formula is C28H22Cl2O4. The van der Waals surface area contributed by atoms with Crippen LogP contribution in [0, 0.1) is 17.8 Å². The van der Waals surface area contributed by atoms with Crippen molar-refractivity contribution in [2.75, 3.05) is 0 Å². The van der Waals surface area contributed by atoms with E-state index in [0.29, 0.717) is 33.0 Å². The van der Waals surface area contributed by atoms with Gasteiger partial charge in [0.05, 0.1) is 11.1 Å². The van der Waals surface area contributed by atoms with Crippen LogP contribution < -0.4 is 0 Å². The van der Waals surface area contributed by atoms with E-state index in [-0.39, 0.29) is 11.8 Å². The summed E-state index contributed by atoms with van der Waals surface area (Å²) in [6, 6.07) is 21.9. The first-order valence-electron chi connectivity index (χ1n) is 11.5. The maximum Gasteiger partial charge on any atom is 0.338 e. The maximum atomic E-state index is 13.1. The molecule has 0 heterocycles. The van der Waals surface area contributed by atoms with Gasteiger partial charge in [0, 0.05) is 21.9 Å².